The van der Waals surface area contributed by atoms with Gasteiger partial charge in [0.2, 0.25) is 0 Å². The second-order valence-corrected chi connectivity index (χ2v) is 9.40. The summed E-state index contributed by atoms with van der Waals surface area (Å²) in [4.78, 5) is 23.3. The first kappa shape index (κ1) is 18.2. The van der Waals surface area contributed by atoms with Gasteiger partial charge in [0.1, 0.15) is 6.61 Å². The summed E-state index contributed by atoms with van der Waals surface area (Å²) in [6, 6.07) is 0. The molecule has 0 heterocycles. The summed E-state index contributed by atoms with van der Waals surface area (Å²) in [6.45, 7) is 3.11. The molecule has 6 atom stereocenters. The Morgan fingerprint density at radius 1 is 1.27 bits per heavy atom. The average Bonchev–Trinajstić information content (AvgIpc) is 3.02. The predicted octanol–water partition coefficient (Wildman–Crippen LogP) is 3.67. The maximum Gasteiger partial charge on any atom is 0.293 e. The van der Waals surface area contributed by atoms with Gasteiger partial charge in [-0.25, -0.2) is 0 Å². The van der Waals surface area contributed by atoms with Crippen molar-refractivity contribution < 1.29 is 19.4 Å². The Bertz CT molecular complexity index is 611. The number of hydrogen-bond donors (Lipinski definition) is 1. The molecule has 3 fully saturated rings. The highest BCUT2D eigenvalue weighted by atomic mass is 16.5. The minimum Gasteiger partial charge on any atom is -0.467 e. The number of carbonyl (C=O) groups is 2. The van der Waals surface area contributed by atoms with E-state index in [9.17, 15) is 14.7 Å². The molecule has 3 saturated carbocycles. The smallest absolute Gasteiger partial charge is 0.293 e. The summed E-state index contributed by atoms with van der Waals surface area (Å²) in [5.41, 5.74) is 1.55. The Morgan fingerprint density at radius 3 is 2.88 bits per heavy atom. The Balaban J connectivity index is 1.65. The summed E-state index contributed by atoms with van der Waals surface area (Å²) in [5, 5.41) is 9.40. The van der Waals surface area contributed by atoms with Crippen molar-refractivity contribution in [3.8, 4) is 0 Å². The molecule has 4 aliphatic rings. The van der Waals surface area contributed by atoms with Crippen molar-refractivity contribution in [3.63, 3.8) is 0 Å². The van der Waals surface area contributed by atoms with Gasteiger partial charge in [-0.15, -0.1) is 0 Å². The van der Waals surface area contributed by atoms with Crippen LogP contribution in [0.4, 0.5) is 0 Å². The standard InChI is InChI=1S/C22H32O4/c1-21-11-9-18-16(17(21)7-8-19(21)20(25)12-23)6-5-15-4-2-3-10-22(15,18)13-26-14-24/h7,14-16,18-19,23H,2-6,8-13H2,1H3/t15?,16-,18-,19+,21-,22+/m0/s1. The van der Waals surface area contributed by atoms with E-state index in [0.29, 0.717) is 30.8 Å². The molecule has 0 spiro atoms. The molecule has 0 aliphatic heterocycles. The highest BCUT2D eigenvalue weighted by Gasteiger charge is 2.59. The number of ketones is 1. The number of aliphatic hydroxyl groups excluding tert-OH is 1. The molecule has 0 aromatic rings. The third kappa shape index (κ3) is 2.51. The summed E-state index contributed by atoms with van der Waals surface area (Å²) >= 11 is 0. The molecule has 0 aromatic carbocycles. The Kier molecular flexibility index (Phi) is 4.75. The fraction of sp³-hybridized carbons (Fsp3) is 0.818. The van der Waals surface area contributed by atoms with Crippen molar-refractivity contribution in [2.45, 2.75) is 64.7 Å². The summed E-state index contributed by atoms with van der Waals surface area (Å²) < 4.78 is 5.41. The molecule has 0 bridgehead atoms. The molecule has 0 amide bonds. The van der Waals surface area contributed by atoms with Gasteiger partial charge in [0.05, 0.1) is 6.61 Å². The molecule has 4 aliphatic carbocycles. The van der Waals surface area contributed by atoms with E-state index < -0.39 is 0 Å². The first-order chi connectivity index (χ1) is 12.6. The first-order valence-electron chi connectivity index (χ1n) is 10.5. The van der Waals surface area contributed by atoms with Gasteiger partial charge in [-0.1, -0.05) is 31.4 Å². The predicted molar refractivity (Wildman–Crippen MR) is 98.2 cm³/mol. The van der Waals surface area contributed by atoms with Crippen LogP contribution >= 0.6 is 0 Å². The number of Topliss-reactive ketones (excluding diaryl/α,β-unsaturated/α-hetero) is 1. The van der Waals surface area contributed by atoms with Crippen molar-refractivity contribution in [3.05, 3.63) is 11.6 Å². The van der Waals surface area contributed by atoms with Gasteiger partial charge < -0.3 is 9.84 Å². The third-order valence-corrected chi connectivity index (χ3v) is 8.65. The van der Waals surface area contributed by atoms with Crippen LogP contribution < -0.4 is 0 Å². The van der Waals surface area contributed by atoms with Crippen LogP contribution in [0.25, 0.3) is 0 Å². The summed E-state index contributed by atoms with van der Waals surface area (Å²) in [5.74, 6) is 1.73. The number of allylic oxidation sites excluding steroid dienone is 2. The van der Waals surface area contributed by atoms with Crippen molar-refractivity contribution in [2.24, 2.45) is 34.5 Å². The zero-order chi connectivity index (χ0) is 18.4. The fourth-order valence-electron chi connectivity index (χ4n) is 7.47. The van der Waals surface area contributed by atoms with E-state index in [1.807, 2.05) is 0 Å². The molecular formula is C22H32O4. The first-order valence-corrected chi connectivity index (χ1v) is 10.5. The van der Waals surface area contributed by atoms with Gasteiger partial charge in [0.25, 0.3) is 6.47 Å². The number of carbonyl (C=O) groups excluding carboxylic acids is 2. The molecule has 1 N–H and O–H groups in total. The molecular weight excluding hydrogens is 328 g/mol. The lowest BCUT2D eigenvalue weighted by Crippen LogP contribution is -2.54. The van der Waals surface area contributed by atoms with Crippen molar-refractivity contribution in [1.29, 1.82) is 0 Å². The molecule has 0 saturated heterocycles. The summed E-state index contributed by atoms with van der Waals surface area (Å²) in [7, 11) is 0. The Hall–Kier alpha value is -1.16. The largest absolute Gasteiger partial charge is 0.467 e. The number of ether oxygens (including phenoxy) is 1. The second kappa shape index (κ2) is 6.78. The van der Waals surface area contributed by atoms with Crippen LogP contribution in [-0.2, 0) is 14.3 Å². The second-order valence-electron chi connectivity index (χ2n) is 9.40. The zero-order valence-corrected chi connectivity index (χ0v) is 15.9. The van der Waals surface area contributed by atoms with E-state index in [0.717, 1.165) is 19.3 Å². The topological polar surface area (TPSA) is 63.6 Å². The van der Waals surface area contributed by atoms with E-state index in [1.165, 1.54) is 44.1 Å². The van der Waals surface area contributed by atoms with Crippen LogP contribution in [0.3, 0.4) is 0 Å². The van der Waals surface area contributed by atoms with E-state index in [4.69, 9.17) is 4.74 Å². The molecule has 4 nitrogen and oxygen atoms in total. The molecule has 4 rings (SSSR count). The highest BCUT2D eigenvalue weighted by molar-refractivity contribution is 5.84. The molecule has 1 unspecified atom stereocenters. The molecule has 0 radical (unpaired) electrons. The lowest BCUT2D eigenvalue weighted by molar-refractivity contribution is -0.147. The zero-order valence-electron chi connectivity index (χ0n) is 15.9. The van der Waals surface area contributed by atoms with Gasteiger partial charge in [0, 0.05) is 11.3 Å². The number of aliphatic hydroxyl groups is 1. The van der Waals surface area contributed by atoms with Gasteiger partial charge in [0.15, 0.2) is 5.78 Å². The molecule has 144 valence electrons. The molecule has 4 heteroatoms. The van der Waals surface area contributed by atoms with E-state index >= 15 is 0 Å². The van der Waals surface area contributed by atoms with E-state index in [2.05, 4.69) is 13.0 Å². The van der Waals surface area contributed by atoms with Crippen molar-refractivity contribution >= 4 is 12.3 Å². The average molecular weight is 360 g/mol. The van der Waals surface area contributed by atoms with Crippen LogP contribution in [0.5, 0.6) is 0 Å². The number of fused-ring (bicyclic) bond motifs is 5. The summed E-state index contributed by atoms with van der Waals surface area (Å²) in [6.07, 6.45) is 12.7. The van der Waals surface area contributed by atoms with Crippen LogP contribution in [0, 0.1) is 34.5 Å². The van der Waals surface area contributed by atoms with Crippen LogP contribution in [0.2, 0.25) is 0 Å². The maximum atomic E-state index is 12.3. The van der Waals surface area contributed by atoms with Crippen molar-refractivity contribution in [2.75, 3.05) is 13.2 Å². The van der Waals surface area contributed by atoms with Crippen LogP contribution in [0.1, 0.15) is 64.7 Å². The monoisotopic (exact) mass is 360 g/mol. The third-order valence-electron chi connectivity index (χ3n) is 8.65. The highest BCUT2D eigenvalue weighted by Crippen LogP contribution is 2.66. The van der Waals surface area contributed by atoms with Crippen molar-refractivity contribution in [1.82, 2.24) is 0 Å². The number of rotatable bonds is 5. The Labute approximate surface area is 156 Å². The van der Waals surface area contributed by atoms with Gasteiger partial charge in [-0.2, -0.15) is 0 Å². The quantitative estimate of drug-likeness (QED) is 0.600. The van der Waals surface area contributed by atoms with E-state index in [1.54, 1.807) is 0 Å². The lowest BCUT2D eigenvalue weighted by atomic mass is 9.45. The normalized spacial score (nSPS) is 44.3. The van der Waals surface area contributed by atoms with Gasteiger partial charge >= 0.3 is 0 Å². The lowest BCUT2D eigenvalue weighted by Gasteiger charge is -2.59. The Morgan fingerprint density at radius 2 is 2.12 bits per heavy atom. The molecule has 26 heavy (non-hydrogen) atoms. The molecule has 0 aromatic heterocycles. The minimum absolute atomic E-state index is 0.00236. The van der Waals surface area contributed by atoms with Gasteiger partial charge in [-0.3, -0.25) is 9.59 Å². The number of hydrogen-bond acceptors (Lipinski definition) is 4. The fourth-order valence-corrected chi connectivity index (χ4v) is 7.47. The van der Waals surface area contributed by atoms with Crippen LogP contribution in [0.15, 0.2) is 11.6 Å². The van der Waals surface area contributed by atoms with Crippen LogP contribution in [-0.4, -0.2) is 30.6 Å². The van der Waals surface area contributed by atoms with E-state index in [-0.39, 0.29) is 29.1 Å². The maximum absolute atomic E-state index is 12.3. The minimum atomic E-state index is -0.339. The SMILES string of the molecule is C[C@]12CC[C@H]3[C@@H](CCC4CCCC[C@@]43COC=O)C1=CC[C@@H]2C(=O)CO. The van der Waals surface area contributed by atoms with Gasteiger partial charge in [-0.05, 0) is 68.1 Å².